The summed E-state index contributed by atoms with van der Waals surface area (Å²) in [6.45, 7) is 5.94. The van der Waals surface area contributed by atoms with Gasteiger partial charge in [-0.25, -0.2) is 4.98 Å². The third kappa shape index (κ3) is 2.74. The molecule has 0 atom stereocenters. The van der Waals surface area contributed by atoms with Gasteiger partial charge in [-0.3, -0.25) is 10.1 Å². The van der Waals surface area contributed by atoms with Gasteiger partial charge in [-0.1, -0.05) is 29.3 Å². The fraction of sp³-hybridized carbons (Fsp3) is 0.214. The Hall–Kier alpha value is -1.94. The number of rotatable bonds is 2. The summed E-state index contributed by atoms with van der Waals surface area (Å²) in [5.74, 6) is 0. The van der Waals surface area contributed by atoms with Gasteiger partial charge >= 0.3 is 0 Å². The summed E-state index contributed by atoms with van der Waals surface area (Å²) >= 11 is 5.86. The van der Waals surface area contributed by atoms with Crippen LogP contribution in [0.1, 0.15) is 16.7 Å². The molecule has 0 N–H and O–H groups in total. The second kappa shape index (κ2) is 4.97. The molecule has 1 aromatic carbocycles. The lowest BCUT2D eigenvalue weighted by atomic mass is 9.97. The molecule has 0 amide bonds. The number of aromatic nitrogens is 1. The molecule has 0 aliphatic heterocycles. The van der Waals surface area contributed by atoms with Gasteiger partial charge in [-0.05, 0) is 31.9 Å². The van der Waals surface area contributed by atoms with Crippen LogP contribution in [-0.4, -0.2) is 9.91 Å². The average Bonchev–Trinajstić information content (AvgIpc) is 2.26. The Morgan fingerprint density at radius 3 is 2.21 bits per heavy atom. The first-order valence-corrected chi connectivity index (χ1v) is 6.16. The molecule has 2 aromatic rings. The van der Waals surface area contributed by atoms with E-state index in [4.69, 9.17) is 11.6 Å². The third-order valence-electron chi connectivity index (χ3n) is 2.92. The predicted molar refractivity (Wildman–Crippen MR) is 75.5 cm³/mol. The quantitative estimate of drug-likeness (QED) is 0.468. The monoisotopic (exact) mass is 276 g/mol. The molecule has 1 aromatic heterocycles. The van der Waals surface area contributed by atoms with Crippen molar-refractivity contribution in [2.24, 2.45) is 0 Å². The Labute approximate surface area is 116 Å². The Bertz CT molecular complexity index is 645. The molecular formula is C14H13ClN2O2. The van der Waals surface area contributed by atoms with Crippen LogP contribution in [0.5, 0.6) is 0 Å². The Kier molecular flexibility index (Phi) is 3.53. The Morgan fingerprint density at radius 1 is 1.11 bits per heavy atom. The van der Waals surface area contributed by atoms with Gasteiger partial charge in [0, 0.05) is 11.6 Å². The lowest BCUT2D eigenvalue weighted by Gasteiger charge is -2.11. The molecule has 0 aliphatic carbocycles. The molecule has 0 saturated heterocycles. The zero-order valence-corrected chi connectivity index (χ0v) is 11.7. The number of pyridine rings is 1. The maximum absolute atomic E-state index is 10.9. The van der Waals surface area contributed by atoms with Crippen molar-refractivity contribution in [3.63, 3.8) is 0 Å². The largest absolute Gasteiger partial charge is 0.274 e. The highest BCUT2D eigenvalue weighted by atomic mass is 35.5. The molecule has 1 heterocycles. The van der Waals surface area contributed by atoms with E-state index >= 15 is 0 Å². The maximum atomic E-state index is 10.9. The standard InChI is InChI=1S/C14H13ClN2O2/c1-8-4-9(2)14(10(3)5-8)12-6-11(17(18)19)7-13(15)16-12/h4-7H,1-3H3. The van der Waals surface area contributed by atoms with Crippen molar-refractivity contribution < 1.29 is 4.92 Å². The molecular weight excluding hydrogens is 264 g/mol. The van der Waals surface area contributed by atoms with Crippen LogP contribution in [0.25, 0.3) is 11.3 Å². The highest BCUT2D eigenvalue weighted by Crippen LogP contribution is 2.30. The molecule has 0 fully saturated rings. The first kappa shape index (κ1) is 13.5. The third-order valence-corrected chi connectivity index (χ3v) is 3.12. The number of nitro groups is 1. The molecule has 0 saturated carbocycles. The summed E-state index contributed by atoms with van der Waals surface area (Å²) in [4.78, 5) is 14.6. The molecule has 0 radical (unpaired) electrons. The minimum absolute atomic E-state index is 0.0469. The summed E-state index contributed by atoms with van der Waals surface area (Å²) in [6, 6.07) is 6.76. The Morgan fingerprint density at radius 2 is 1.68 bits per heavy atom. The summed E-state index contributed by atoms with van der Waals surface area (Å²) in [6.07, 6.45) is 0. The number of aryl methyl sites for hydroxylation is 3. The fourth-order valence-corrected chi connectivity index (χ4v) is 2.50. The maximum Gasteiger partial charge on any atom is 0.274 e. The molecule has 2 rings (SSSR count). The van der Waals surface area contributed by atoms with Gasteiger partial charge in [-0.2, -0.15) is 0 Å². The molecule has 0 unspecified atom stereocenters. The topological polar surface area (TPSA) is 56.0 Å². The molecule has 0 bridgehead atoms. The lowest BCUT2D eigenvalue weighted by molar-refractivity contribution is -0.384. The SMILES string of the molecule is Cc1cc(C)c(-c2cc([N+](=O)[O-])cc(Cl)n2)c(C)c1. The van der Waals surface area contributed by atoms with E-state index in [1.807, 2.05) is 32.9 Å². The summed E-state index contributed by atoms with van der Waals surface area (Å²) in [5, 5.41) is 11.0. The summed E-state index contributed by atoms with van der Waals surface area (Å²) < 4.78 is 0. The van der Waals surface area contributed by atoms with Gasteiger partial charge in [0.1, 0.15) is 5.15 Å². The van der Waals surface area contributed by atoms with Crippen molar-refractivity contribution >= 4 is 17.3 Å². The van der Waals surface area contributed by atoms with E-state index in [2.05, 4.69) is 4.98 Å². The number of nitrogens with zero attached hydrogens (tertiary/aromatic N) is 2. The zero-order valence-electron chi connectivity index (χ0n) is 10.9. The van der Waals surface area contributed by atoms with Crippen LogP contribution in [-0.2, 0) is 0 Å². The van der Waals surface area contributed by atoms with Gasteiger partial charge in [0.15, 0.2) is 0 Å². The highest BCUT2D eigenvalue weighted by molar-refractivity contribution is 6.29. The van der Waals surface area contributed by atoms with Crippen molar-refractivity contribution in [2.75, 3.05) is 0 Å². The van der Waals surface area contributed by atoms with Gasteiger partial charge < -0.3 is 0 Å². The lowest BCUT2D eigenvalue weighted by Crippen LogP contribution is -1.95. The van der Waals surface area contributed by atoms with E-state index in [1.165, 1.54) is 12.1 Å². The zero-order chi connectivity index (χ0) is 14.2. The first-order valence-electron chi connectivity index (χ1n) is 5.78. The van der Waals surface area contributed by atoms with E-state index in [0.717, 1.165) is 22.3 Å². The Balaban J connectivity index is 2.69. The average molecular weight is 277 g/mol. The van der Waals surface area contributed by atoms with Crippen LogP contribution >= 0.6 is 11.6 Å². The van der Waals surface area contributed by atoms with Crippen molar-refractivity contribution in [2.45, 2.75) is 20.8 Å². The summed E-state index contributed by atoms with van der Waals surface area (Å²) in [5.41, 5.74) is 4.60. The van der Waals surface area contributed by atoms with E-state index in [-0.39, 0.29) is 10.8 Å². The minimum atomic E-state index is -0.462. The molecule has 0 aliphatic rings. The van der Waals surface area contributed by atoms with E-state index in [0.29, 0.717) is 5.69 Å². The molecule has 5 heteroatoms. The van der Waals surface area contributed by atoms with Crippen molar-refractivity contribution in [3.8, 4) is 11.3 Å². The highest BCUT2D eigenvalue weighted by Gasteiger charge is 2.14. The van der Waals surface area contributed by atoms with E-state index in [9.17, 15) is 10.1 Å². The van der Waals surface area contributed by atoms with Gasteiger partial charge in [0.05, 0.1) is 16.7 Å². The second-order valence-corrected chi connectivity index (χ2v) is 4.95. The van der Waals surface area contributed by atoms with Crippen LogP contribution in [0, 0.1) is 30.9 Å². The summed E-state index contributed by atoms with van der Waals surface area (Å²) in [7, 11) is 0. The van der Waals surface area contributed by atoms with Crippen LogP contribution in [0.2, 0.25) is 5.15 Å². The fourth-order valence-electron chi connectivity index (χ4n) is 2.30. The number of benzene rings is 1. The minimum Gasteiger partial charge on any atom is -0.258 e. The van der Waals surface area contributed by atoms with Crippen molar-refractivity contribution in [3.05, 3.63) is 56.2 Å². The van der Waals surface area contributed by atoms with Crippen molar-refractivity contribution in [1.29, 1.82) is 0 Å². The van der Waals surface area contributed by atoms with Crippen molar-refractivity contribution in [1.82, 2.24) is 4.98 Å². The normalized spacial score (nSPS) is 10.5. The van der Waals surface area contributed by atoms with Crippen LogP contribution in [0.4, 0.5) is 5.69 Å². The van der Waals surface area contributed by atoms with Gasteiger partial charge in [-0.15, -0.1) is 0 Å². The predicted octanol–water partition coefficient (Wildman–Crippen LogP) is 4.24. The second-order valence-electron chi connectivity index (χ2n) is 4.56. The van der Waals surface area contributed by atoms with Gasteiger partial charge in [0.25, 0.3) is 5.69 Å². The first-order chi connectivity index (χ1) is 8.88. The van der Waals surface area contributed by atoms with Gasteiger partial charge in [0.2, 0.25) is 0 Å². The van der Waals surface area contributed by atoms with E-state index < -0.39 is 4.92 Å². The number of hydrogen-bond acceptors (Lipinski definition) is 3. The van der Waals surface area contributed by atoms with E-state index in [1.54, 1.807) is 0 Å². The number of halogens is 1. The molecule has 0 spiro atoms. The smallest absolute Gasteiger partial charge is 0.258 e. The molecule has 4 nitrogen and oxygen atoms in total. The molecule has 19 heavy (non-hydrogen) atoms. The number of hydrogen-bond donors (Lipinski definition) is 0. The molecule has 98 valence electrons. The van der Waals surface area contributed by atoms with Crippen LogP contribution in [0.15, 0.2) is 24.3 Å². The van der Waals surface area contributed by atoms with Crippen LogP contribution in [0.3, 0.4) is 0 Å². The van der Waals surface area contributed by atoms with Crippen LogP contribution < -0.4 is 0 Å².